The molecule has 0 aromatic carbocycles. The molecule has 72 valence electrons. The number of nitrogens with zero attached hydrogens (tertiary/aromatic N) is 1. The van der Waals surface area contributed by atoms with E-state index in [1.54, 1.807) is 17.5 Å². The first-order valence-corrected chi connectivity index (χ1v) is 5.97. The zero-order valence-corrected chi connectivity index (χ0v) is 10.2. The molecule has 14 heavy (non-hydrogen) atoms. The normalized spacial score (nSPS) is 10.1. The summed E-state index contributed by atoms with van der Waals surface area (Å²) in [6, 6.07) is 3.79. The fourth-order valence-electron chi connectivity index (χ4n) is 0.979. The molecule has 0 atom stereocenters. The lowest BCUT2D eigenvalue weighted by Gasteiger charge is -2.04. The van der Waals surface area contributed by atoms with Gasteiger partial charge in [-0.2, -0.15) is 11.3 Å². The van der Waals surface area contributed by atoms with Crippen molar-refractivity contribution in [3.8, 4) is 0 Å². The molecule has 2 aromatic rings. The van der Waals surface area contributed by atoms with Gasteiger partial charge in [-0.3, -0.25) is 0 Å². The van der Waals surface area contributed by atoms with Crippen LogP contribution in [-0.2, 0) is 0 Å². The Balaban J connectivity index is 2.25. The predicted octanol–water partition coefficient (Wildman–Crippen LogP) is 4.30. The largest absolute Gasteiger partial charge is 0.338 e. The summed E-state index contributed by atoms with van der Waals surface area (Å²) in [5.74, 6) is 0.674. The number of halogens is 2. The molecule has 5 heteroatoms. The van der Waals surface area contributed by atoms with Crippen molar-refractivity contribution < 1.29 is 0 Å². The summed E-state index contributed by atoms with van der Waals surface area (Å²) in [7, 11) is 0. The van der Waals surface area contributed by atoms with Gasteiger partial charge in [-0.05, 0) is 33.4 Å². The second kappa shape index (κ2) is 4.29. The van der Waals surface area contributed by atoms with E-state index in [1.807, 2.05) is 22.9 Å². The molecule has 0 spiro atoms. The van der Waals surface area contributed by atoms with E-state index in [2.05, 4.69) is 26.2 Å². The van der Waals surface area contributed by atoms with E-state index in [9.17, 15) is 0 Å². The SMILES string of the molecule is Clc1cc(Br)cnc1Nc1ccsc1. The van der Waals surface area contributed by atoms with Crippen molar-refractivity contribution in [1.29, 1.82) is 0 Å². The van der Waals surface area contributed by atoms with Crippen molar-refractivity contribution in [3.63, 3.8) is 0 Å². The molecule has 1 N–H and O–H groups in total. The number of anilines is 2. The summed E-state index contributed by atoms with van der Waals surface area (Å²) >= 11 is 10.9. The molecular formula is C9H6BrClN2S. The summed E-state index contributed by atoms with van der Waals surface area (Å²) in [4.78, 5) is 4.17. The first-order valence-electron chi connectivity index (χ1n) is 3.86. The fourth-order valence-corrected chi connectivity index (χ4v) is 2.24. The Labute approximate surface area is 99.1 Å². The van der Waals surface area contributed by atoms with Crippen LogP contribution in [0.5, 0.6) is 0 Å². The third kappa shape index (κ3) is 2.26. The van der Waals surface area contributed by atoms with Gasteiger partial charge >= 0.3 is 0 Å². The lowest BCUT2D eigenvalue weighted by Crippen LogP contribution is -1.92. The molecule has 0 aliphatic heterocycles. The first kappa shape index (κ1) is 9.96. The van der Waals surface area contributed by atoms with Gasteiger partial charge in [-0.1, -0.05) is 11.6 Å². The molecule has 0 aliphatic rings. The Kier molecular flexibility index (Phi) is 3.05. The highest BCUT2D eigenvalue weighted by atomic mass is 79.9. The molecule has 0 saturated carbocycles. The second-order valence-corrected chi connectivity index (χ2v) is 4.72. The molecule has 2 aromatic heterocycles. The summed E-state index contributed by atoms with van der Waals surface area (Å²) in [6.07, 6.45) is 1.71. The molecule has 2 rings (SSSR count). The van der Waals surface area contributed by atoms with Gasteiger partial charge in [0.05, 0.1) is 10.7 Å². The predicted molar refractivity (Wildman–Crippen MR) is 64.5 cm³/mol. The van der Waals surface area contributed by atoms with Gasteiger partial charge in [0.2, 0.25) is 0 Å². The Morgan fingerprint density at radius 3 is 3.00 bits per heavy atom. The van der Waals surface area contributed by atoms with Crippen LogP contribution in [0.2, 0.25) is 5.02 Å². The summed E-state index contributed by atoms with van der Waals surface area (Å²) in [5.41, 5.74) is 1.01. The van der Waals surface area contributed by atoms with Crippen molar-refractivity contribution >= 4 is 50.4 Å². The Bertz CT molecular complexity index is 430. The van der Waals surface area contributed by atoms with Gasteiger partial charge in [0.15, 0.2) is 0 Å². The molecule has 0 saturated heterocycles. The van der Waals surface area contributed by atoms with Gasteiger partial charge in [-0.15, -0.1) is 0 Å². The summed E-state index contributed by atoms with van der Waals surface area (Å²) in [6.45, 7) is 0. The summed E-state index contributed by atoms with van der Waals surface area (Å²) in [5, 5.41) is 7.72. The van der Waals surface area contributed by atoms with E-state index in [-0.39, 0.29) is 0 Å². The van der Waals surface area contributed by atoms with Crippen LogP contribution < -0.4 is 5.32 Å². The van der Waals surface area contributed by atoms with Crippen LogP contribution in [0.4, 0.5) is 11.5 Å². The molecule has 2 nitrogen and oxygen atoms in total. The maximum atomic E-state index is 5.99. The minimum Gasteiger partial charge on any atom is -0.338 e. The lowest BCUT2D eigenvalue weighted by molar-refractivity contribution is 1.30. The van der Waals surface area contributed by atoms with Gasteiger partial charge in [0.1, 0.15) is 5.82 Å². The van der Waals surface area contributed by atoms with E-state index >= 15 is 0 Å². The number of hydrogen-bond acceptors (Lipinski definition) is 3. The zero-order chi connectivity index (χ0) is 9.97. The minimum atomic E-state index is 0.602. The van der Waals surface area contributed by atoms with E-state index in [0.29, 0.717) is 10.8 Å². The average molecular weight is 290 g/mol. The van der Waals surface area contributed by atoms with E-state index in [0.717, 1.165) is 10.2 Å². The second-order valence-electron chi connectivity index (χ2n) is 2.62. The van der Waals surface area contributed by atoms with Gasteiger partial charge < -0.3 is 5.32 Å². The van der Waals surface area contributed by atoms with Crippen LogP contribution in [-0.4, -0.2) is 4.98 Å². The number of hydrogen-bond donors (Lipinski definition) is 1. The molecule has 0 amide bonds. The van der Waals surface area contributed by atoms with Crippen LogP contribution in [0.3, 0.4) is 0 Å². The summed E-state index contributed by atoms with van der Waals surface area (Å²) < 4.78 is 0.873. The first-order chi connectivity index (χ1) is 6.75. The van der Waals surface area contributed by atoms with Gasteiger partial charge in [0, 0.05) is 16.0 Å². The molecule has 0 unspecified atom stereocenters. The number of thiophene rings is 1. The van der Waals surface area contributed by atoms with Crippen molar-refractivity contribution in [2.75, 3.05) is 5.32 Å². The molecule has 0 aliphatic carbocycles. The molecule has 2 heterocycles. The third-order valence-electron chi connectivity index (χ3n) is 1.59. The molecular weight excluding hydrogens is 284 g/mol. The number of pyridine rings is 1. The van der Waals surface area contributed by atoms with Crippen molar-refractivity contribution in [2.24, 2.45) is 0 Å². The molecule has 0 bridgehead atoms. The van der Waals surface area contributed by atoms with E-state index in [1.165, 1.54) is 0 Å². The minimum absolute atomic E-state index is 0.602. The highest BCUT2D eigenvalue weighted by molar-refractivity contribution is 9.10. The Morgan fingerprint density at radius 2 is 2.36 bits per heavy atom. The maximum absolute atomic E-state index is 5.99. The molecule has 0 fully saturated rings. The zero-order valence-electron chi connectivity index (χ0n) is 7.00. The van der Waals surface area contributed by atoms with Crippen LogP contribution in [0.25, 0.3) is 0 Å². The topological polar surface area (TPSA) is 24.9 Å². The Morgan fingerprint density at radius 1 is 1.50 bits per heavy atom. The van der Waals surface area contributed by atoms with Crippen molar-refractivity contribution in [3.05, 3.63) is 38.6 Å². The smallest absolute Gasteiger partial charge is 0.149 e. The Hall–Kier alpha value is -0.580. The molecule has 0 radical (unpaired) electrons. The lowest BCUT2D eigenvalue weighted by atomic mass is 10.4. The highest BCUT2D eigenvalue weighted by Crippen LogP contribution is 2.26. The highest BCUT2D eigenvalue weighted by Gasteiger charge is 2.02. The quantitative estimate of drug-likeness (QED) is 0.891. The van der Waals surface area contributed by atoms with E-state index in [4.69, 9.17) is 11.6 Å². The van der Waals surface area contributed by atoms with Gasteiger partial charge in [0.25, 0.3) is 0 Å². The van der Waals surface area contributed by atoms with Crippen LogP contribution >= 0.6 is 38.9 Å². The monoisotopic (exact) mass is 288 g/mol. The average Bonchev–Trinajstić information content (AvgIpc) is 2.62. The third-order valence-corrected chi connectivity index (χ3v) is 3.00. The van der Waals surface area contributed by atoms with Crippen LogP contribution in [0.15, 0.2) is 33.6 Å². The van der Waals surface area contributed by atoms with Crippen molar-refractivity contribution in [2.45, 2.75) is 0 Å². The number of aromatic nitrogens is 1. The van der Waals surface area contributed by atoms with Crippen LogP contribution in [0.1, 0.15) is 0 Å². The fraction of sp³-hybridized carbons (Fsp3) is 0. The van der Waals surface area contributed by atoms with Crippen LogP contribution in [0, 0.1) is 0 Å². The number of rotatable bonds is 2. The van der Waals surface area contributed by atoms with E-state index < -0.39 is 0 Å². The van der Waals surface area contributed by atoms with Gasteiger partial charge in [-0.25, -0.2) is 4.98 Å². The maximum Gasteiger partial charge on any atom is 0.149 e. The standard InChI is InChI=1S/C9H6BrClN2S/c10-6-3-8(11)9(12-4-6)13-7-1-2-14-5-7/h1-5H,(H,12,13). The number of nitrogens with one attached hydrogen (secondary N) is 1. The van der Waals surface area contributed by atoms with Crippen molar-refractivity contribution in [1.82, 2.24) is 4.98 Å².